The van der Waals surface area contributed by atoms with Crippen LogP contribution >= 0.6 is 11.6 Å². The van der Waals surface area contributed by atoms with E-state index in [0.717, 1.165) is 45.9 Å². The normalized spacial score (nSPS) is 14.1. The molecule has 1 unspecified atom stereocenters. The summed E-state index contributed by atoms with van der Waals surface area (Å²) in [7, 11) is 1.34. The highest BCUT2D eigenvalue weighted by Gasteiger charge is 2.47. The quantitative estimate of drug-likeness (QED) is 0.188. The van der Waals surface area contributed by atoms with Gasteiger partial charge in [-0.1, -0.05) is 35.9 Å². The van der Waals surface area contributed by atoms with E-state index >= 15 is 0 Å². The number of rotatable bonds is 16. The maximum Gasteiger partial charge on any atom is 0.303 e. The molecule has 2 rings (SSSR count). The number of hydrogen-bond donors (Lipinski definition) is 0. The summed E-state index contributed by atoms with van der Waals surface area (Å²) in [5, 5.41) is 0.456. The lowest BCUT2D eigenvalue weighted by Gasteiger charge is -2.38. The minimum absolute atomic E-state index is 0.425. The van der Waals surface area contributed by atoms with Gasteiger partial charge in [0, 0.05) is 46.8 Å². The van der Waals surface area contributed by atoms with Crippen LogP contribution in [-0.2, 0) is 58.8 Å². The molecule has 2 aromatic rings. The molecule has 45 heavy (non-hydrogen) atoms. The monoisotopic (exact) mass is 650 g/mol. The molecular formula is C32H39ClO12. The predicted octanol–water partition coefficient (Wildman–Crippen LogP) is 4.31. The van der Waals surface area contributed by atoms with Crippen molar-refractivity contribution in [1.29, 1.82) is 0 Å². The van der Waals surface area contributed by atoms with Gasteiger partial charge in [0.05, 0.1) is 6.61 Å². The Morgan fingerprint density at radius 2 is 1.27 bits per heavy atom. The fourth-order valence-corrected chi connectivity index (χ4v) is 4.80. The first-order valence-corrected chi connectivity index (χ1v) is 14.5. The van der Waals surface area contributed by atoms with Crippen LogP contribution in [0, 0.1) is 0 Å². The van der Waals surface area contributed by atoms with Crippen molar-refractivity contribution in [1.82, 2.24) is 0 Å². The Morgan fingerprint density at radius 1 is 0.711 bits per heavy atom. The zero-order chi connectivity index (χ0) is 33.7. The summed E-state index contributed by atoms with van der Waals surface area (Å²) < 4.78 is 38.4. The van der Waals surface area contributed by atoms with Crippen LogP contribution in [0.2, 0.25) is 5.02 Å². The van der Waals surface area contributed by atoms with Crippen molar-refractivity contribution >= 4 is 41.4 Å². The zero-order valence-electron chi connectivity index (χ0n) is 26.3. The Labute approximate surface area is 267 Å². The molecule has 0 spiro atoms. The Balaban J connectivity index is 2.65. The van der Waals surface area contributed by atoms with Gasteiger partial charge < -0.3 is 33.2 Å². The number of methoxy groups -OCH3 is 1. The molecule has 0 fully saturated rings. The minimum Gasteiger partial charge on any atom is -0.494 e. The van der Waals surface area contributed by atoms with Crippen molar-refractivity contribution in [2.75, 3.05) is 20.3 Å². The fourth-order valence-electron chi connectivity index (χ4n) is 4.62. The summed E-state index contributed by atoms with van der Waals surface area (Å²) in [4.78, 5) is 60.7. The van der Waals surface area contributed by atoms with Gasteiger partial charge in [-0.3, -0.25) is 24.0 Å². The molecule has 0 bridgehead atoms. The summed E-state index contributed by atoms with van der Waals surface area (Å²) in [6.45, 7) is 7.38. The Morgan fingerprint density at radius 3 is 1.78 bits per heavy atom. The van der Waals surface area contributed by atoms with E-state index < -0.39 is 67.0 Å². The van der Waals surface area contributed by atoms with E-state index in [2.05, 4.69) is 0 Å². The molecule has 0 aromatic heterocycles. The second-order valence-corrected chi connectivity index (χ2v) is 10.3. The highest BCUT2D eigenvalue weighted by atomic mass is 35.5. The van der Waals surface area contributed by atoms with Crippen molar-refractivity contribution < 1.29 is 57.1 Å². The van der Waals surface area contributed by atoms with Gasteiger partial charge in [-0.25, -0.2) is 0 Å². The van der Waals surface area contributed by atoms with Crippen molar-refractivity contribution in [3.8, 4) is 5.75 Å². The minimum atomic E-state index is -1.61. The van der Waals surface area contributed by atoms with E-state index in [9.17, 15) is 24.0 Å². The summed E-state index contributed by atoms with van der Waals surface area (Å²) in [5.74, 6) is -3.28. The highest BCUT2D eigenvalue weighted by molar-refractivity contribution is 6.31. The van der Waals surface area contributed by atoms with Crippen LogP contribution < -0.4 is 4.74 Å². The van der Waals surface area contributed by atoms with Crippen molar-refractivity contribution in [2.24, 2.45) is 0 Å². The molecule has 0 radical (unpaired) electrons. The molecule has 0 saturated heterocycles. The molecule has 0 aliphatic heterocycles. The molecule has 5 atom stereocenters. The third-order valence-corrected chi connectivity index (χ3v) is 6.64. The lowest BCUT2D eigenvalue weighted by atomic mass is 9.92. The second-order valence-electron chi connectivity index (χ2n) is 9.93. The van der Waals surface area contributed by atoms with Gasteiger partial charge in [0.15, 0.2) is 24.4 Å². The van der Waals surface area contributed by atoms with E-state index in [1.54, 1.807) is 18.2 Å². The second kappa shape index (κ2) is 18.0. The molecule has 0 amide bonds. The average Bonchev–Trinajstić information content (AvgIpc) is 2.95. The fraction of sp³-hybridized carbons (Fsp3) is 0.469. The van der Waals surface area contributed by atoms with E-state index in [0.29, 0.717) is 29.2 Å². The third-order valence-electron chi connectivity index (χ3n) is 6.27. The van der Waals surface area contributed by atoms with Crippen molar-refractivity contribution in [3.63, 3.8) is 0 Å². The molecule has 2 aromatic carbocycles. The average molecular weight is 651 g/mol. The SMILES string of the molecule is CCOc1ccc(Cc2cc(C(OC)[C@H](OC(C)=O)[C@@H](OC(C)=O)[C@H](OC(C)=O)[C@H](COC(C)=O)OC(C)=O)ccc2Cl)cc1. The van der Waals surface area contributed by atoms with Crippen LogP contribution in [0.25, 0.3) is 0 Å². The Hall–Kier alpha value is -4.16. The summed E-state index contributed by atoms with van der Waals surface area (Å²) >= 11 is 6.56. The number of benzene rings is 2. The number of halogens is 1. The smallest absolute Gasteiger partial charge is 0.303 e. The van der Waals surface area contributed by atoms with E-state index in [4.69, 9.17) is 44.8 Å². The lowest BCUT2D eigenvalue weighted by Crippen LogP contribution is -2.54. The number of ether oxygens (including phenoxy) is 7. The van der Waals surface area contributed by atoms with Gasteiger partial charge in [0.2, 0.25) is 0 Å². The van der Waals surface area contributed by atoms with Gasteiger partial charge in [-0.05, 0) is 48.2 Å². The third kappa shape index (κ3) is 12.0. The zero-order valence-corrected chi connectivity index (χ0v) is 27.1. The topological polar surface area (TPSA) is 150 Å². The van der Waals surface area contributed by atoms with E-state index in [-0.39, 0.29) is 0 Å². The van der Waals surface area contributed by atoms with E-state index in [1.165, 1.54) is 7.11 Å². The lowest BCUT2D eigenvalue weighted by molar-refractivity contribution is -0.212. The number of hydrogen-bond acceptors (Lipinski definition) is 12. The molecule has 12 nitrogen and oxygen atoms in total. The van der Waals surface area contributed by atoms with Gasteiger partial charge in [0.25, 0.3) is 0 Å². The molecule has 0 saturated carbocycles. The number of carbonyl (C=O) groups excluding carboxylic acids is 5. The molecule has 0 N–H and O–H groups in total. The van der Waals surface area contributed by atoms with Gasteiger partial charge in [-0.15, -0.1) is 0 Å². The molecular weight excluding hydrogens is 612 g/mol. The van der Waals surface area contributed by atoms with Crippen LogP contribution in [0.3, 0.4) is 0 Å². The maximum atomic E-state index is 12.4. The van der Waals surface area contributed by atoms with Gasteiger partial charge in [0.1, 0.15) is 18.5 Å². The Kier molecular flexibility index (Phi) is 14.8. The van der Waals surface area contributed by atoms with Crippen LogP contribution in [0.15, 0.2) is 42.5 Å². The Bertz CT molecular complexity index is 1330. The molecule has 0 aliphatic carbocycles. The summed E-state index contributed by atoms with van der Waals surface area (Å²) in [5.41, 5.74) is 2.11. The van der Waals surface area contributed by atoms with Gasteiger partial charge >= 0.3 is 29.8 Å². The first-order valence-electron chi connectivity index (χ1n) is 14.1. The standard InChI is InChI=1S/C32H39ClO12/c1-8-40-26-12-9-23(10-13-26)15-25-16-24(11-14-27(25)33)29(39-7)31(44-21(5)37)32(45-22(6)38)30(43-20(4)36)28(42-19(3)35)17-41-18(2)34/h9-14,16,28-32H,8,15,17H2,1-7H3/t28-,29?,30+,31-,32-/m0/s1. The predicted molar refractivity (Wildman–Crippen MR) is 160 cm³/mol. The van der Waals surface area contributed by atoms with Crippen LogP contribution in [0.1, 0.15) is 64.3 Å². The summed E-state index contributed by atoms with van der Waals surface area (Å²) in [6.07, 6.45) is -6.84. The summed E-state index contributed by atoms with van der Waals surface area (Å²) in [6, 6.07) is 12.5. The molecule has 13 heteroatoms. The number of esters is 5. The van der Waals surface area contributed by atoms with Gasteiger partial charge in [-0.2, -0.15) is 0 Å². The largest absolute Gasteiger partial charge is 0.494 e. The number of carbonyl (C=O) groups is 5. The van der Waals surface area contributed by atoms with Crippen LogP contribution in [0.4, 0.5) is 0 Å². The first-order chi connectivity index (χ1) is 21.2. The first kappa shape index (κ1) is 37.0. The highest BCUT2D eigenvalue weighted by Crippen LogP contribution is 2.33. The van der Waals surface area contributed by atoms with E-state index in [1.807, 2.05) is 31.2 Å². The molecule has 0 aliphatic rings. The van der Waals surface area contributed by atoms with Crippen LogP contribution in [-0.4, -0.2) is 74.6 Å². The molecule has 246 valence electrons. The maximum absolute atomic E-state index is 12.4. The van der Waals surface area contributed by atoms with Crippen molar-refractivity contribution in [3.05, 3.63) is 64.2 Å². The van der Waals surface area contributed by atoms with Crippen molar-refractivity contribution in [2.45, 2.75) is 78.5 Å². The van der Waals surface area contributed by atoms with Crippen LogP contribution in [0.5, 0.6) is 5.75 Å². The molecule has 0 heterocycles.